The smallest absolute Gasteiger partial charge is 0.194 e. The van der Waals surface area contributed by atoms with Crippen molar-refractivity contribution in [3.05, 3.63) is 67.0 Å². The van der Waals surface area contributed by atoms with Crippen LogP contribution in [0.1, 0.15) is 30.6 Å². The first kappa shape index (κ1) is 24.8. The van der Waals surface area contributed by atoms with Gasteiger partial charge in [0.2, 0.25) is 0 Å². The van der Waals surface area contributed by atoms with Gasteiger partial charge in [0.1, 0.15) is 0 Å². The highest BCUT2D eigenvalue weighted by atomic mass is 32.1. The topological polar surface area (TPSA) is 0 Å². The van der Waals surface area contributed by atoms with E-state index in [0.717, 1.165) is 32.4 Å². The minimum Gasteiger partial charge on any atom is -0.194 e. The van der Waals surface area contributed by atoms with Crippen LogP contribution in [0.15, 0.2) is 36.4 Å². The highest BCUT2D eigenvalue weighted by Crippen LogP contribution is 2.67. The molecule has 10 heteroatoms. The van der Waals surface area contributed by atoms with Crippen molar-refractivity contribution in [2.75, 3.05) is 0 Å². The summed E-state index contributed by atoms with van der Waals surface area (Å²) in [5, 5.41) is 0. The Labute approximate surface area is 214 Å². The number of halogens is 6. The SMILES string of the molecule is Cc1ccc(-c2sc(C)cc2C2=C(c3cc(C)sc3-c3ccc(C)s3)C(F)(F)C(F)(F)C2(F)F)s1. The normalized spacial score (nSPS) is 18.6. The number of rotatable bonds is 4. The molecule has 0 fully saturated rings. The maximum atomic E-state index is 15.5. The molecule has 0 unspecified atom stereocenters. The Balaban J connectivity index is 1.88. The van der Waals surface area contributed by atoms with Gasteiger partial charge in [-0.15, -0.1) is 45.3 Å². The van der Waals surface area contributed by atoms with Crippen molar-refractivity contribution in [2.24, 2.45) is 0 Å². The van der Waals surface area contributed by atoms with Gasteiger partial charge in [-0.05, 0) is 64.1 Å². The van der Waals surface area contributed by atoms with Crippen molar-refractivity contribution in [1.82, 2.24) is 0 Å². The molecule has 4 aromatic rings. The Morgan fingerprint density at radius 3 is 1.20 bits per heavy atom. The fraction of sp³-hybridized carbons (Fsp3) is 0.280. The molecule has 0 saturated carbocycles. The zero-order valence-electron chi connectivity index (χ0n) is 18.9. The summed E-state index contributed by atoms with van der Waals surface area (Å²) in [6.45, 7) is 6.95. The van der Waals surface area contributed by atoms with Crippen LogP contribution >= 0.6 is 45.3 Å². The zero-order chi connectivity index (χ0) is 25.5. The first-order valence-electron chi connectivity index (χ1n) is 10.5. The largest absolute Gasteiger partial charge is 0.380 e. The molecule has 0 radical (unpaired) electrons. The molecular formula is C25H18F6S4. The summed E-state index contributed by atoms with van der Waals surface area (Å²) < 4.78 is 91.8. The molecule has 0 spiro atoms. The van der Waals surface area contributed by atoms with Gasteiger partial charge in [-0.2, -0.15) is 26.3 Å². The first-order chi connectivity index (χ1) is 16.3. The van der Waals surface area contributed by atoms with E-state index in [4.69, 9.17) is 0 Å². The van der Waals surface area contributed by atoms with Gasteiger partial charge in [-0.25, -0.2) is 0 Å². The van der Waals surface area contributed by atoms with Crippen LogP contribution in [-0.4, -0.2) is 17.8 Å². The van der Waals surface area contributed by atoms with Gasteiger partial charge >= 0.3 is 17.8 Å². The third-order valence-electron chi connectivity index (χ3n) is 5.84. The summed E-state index contributed by atoms with van der Waals surface area (Å²) in [5.41, 5.74) is -3.10. The van der Waals surface area contributed by atoms with E-state index in [1.54, 1.807) is 38.1 Å². The molecule has 5 rings (SSSR count). The van der Waals surface area contributed by atoms with E-state index in [2.05, 4.69) is 0 Å². The van der Waals surface area contributed by atoms with Crippen LogP contribution in [0.25, 0.3) is 30.7 Å². The highest BCUT2D eigenvalue weighted by molar-refractivity contribution is 7.23. The van der Waals surface area contributed by atoms with E-state index < -0.39 is 28.9 Å². The number of hydrogen-bond donors (Lipinski definition) is 0. The molecule has 0 N–H and O–H groups in total. The van der Waals surface area contributed by atoms with E-state index in [9.17, 15) is 8.78 Å². The van der Waals surface area contributed by atoms with Crippen molar-refractivity contribution < 1.29 is 26.3 Å². The summed E-state index contributed by atoms with van der Waals surface area (Å²) in [6.07, 6.45) is 0. The molecular weight excluding hydrogens is 543 g/mol. The maximum Gasteiger partial charge on any atom is 0.380 e. The first-order valence-corrected chi connectivity index (χ1v) is 13.8. The van der Waals surface area contributed by atoms with Gasteiger partial charge in [-0.1, -0.05) is 0 Å². The maximum absolute atomic E-state index is 15.5. The van der Waals surface area contributed by atoms with Gasteiger partial charge in [-0.3, -0.25) is 0 Å². The van der Waals surface area contributed by atoms with Crippen LogP contribution < -0.4 is 0 Å². The fourth-order valence-corrected chi connectivity index (χ4v) is 8.33. The van der Waals surface area contributed by atoms with Gasteiger partial charge in [0.05, 0.1) is 9.75 Å². The number of aryl methyl sites for hydroxylation is 4. The second-order valence-electron chi connectivity index (χ2n) is 8.49. The monoisotopic (exact) mass is 560 g/mol. The third kappa shape index (κ3) is 3.59. The molecule has 0 amide bonds. The molecule has 0 aliphatic heterocycles. The van der Waals surface area contributed by atoms with Gasteiger partial charge in [0.15, 0.2) is 0 Å². The van der Waals surface area contributed by atoms with Gasteiger partial charge < -0.3 is 0 Å². The number of alkyl halides is 6. The Hall–Kier alpha value is -1.88. The van der Waals surface area contributed by atoms with E-state index in [1.165, 1.54) is 34.8 Å². The lowest BCUT2D eigenvalue weighted by Gasteiger charge is -2.25. The second kappa shape index (κ2) is 8.06. The van der Waals surface area contributed by atoms with E-state index in [-0.39, 0.29) is 11.1 Å². The van der Waals surface area contributed by atoms with Crippen molar-refractivity contribution in [2.45, 2.75) is 45.5 Å². The van der Waals surface area contributed by atoms with Crippen molar-refractivity contribution in [3.63, 3.8) is 0 Å². The minimum atomic E-state index is -5.58. The van der Waals surface area contributed by atoms with Crippen LogP contribution in [0.4, 0.5) is 26.3 Å². The summed E-state index contributed by atoms with van der Waals surface area (Å²) in [5.74, 6) is -15.7. The predicted molar refractivity (Wildman–Crippen MR) is 136 cm³/mol. The van der Waals surface area contributed by atoms with Gasteiger partial charge in [0.25, 0.3) is 0 Å². The Morgan fingerprint density at radius 1 is 0.514 bits per heavy atom. The Bertz CT molecular complexity index is 1370. The second-order valence-corrected chi connectivity index (χ2v) is 13.6. The van der Waals surface area contributed by atoms with Crippen molar-refractivity contribution in [3.8, 4) is 19.5 Å². The van der Waals surface area contributed by atoms with E-state index in [0.29, 0.717) is 29.3 Å². The average molecular weight is 561 g/mol. The molecule has 4 heterocycles. The lowest BCUT2D eigenvalue weighted by Crippen LogP contribution is -2.48. The van der Waals surface area contributed by atoms with Crippen molar-refractivity contribution >= 4 is 56.5 Å². The molecule has 1 aliphatic rings. The quantitative estimate of drug-likeness (QED) is 0.218. The lowest BCUT2D eigenvalue weighted by molar-refractivity contribution is -0.254. The molecule has 0 nitrogen and oxygen atoms in total. The van der Waals surface area contributed by atoms with Crippen LogP contribution in [-0.2, 0) is 0 Å². The Kier molecular flexibility index (Phi) is 5.71. The molecule has 0 aromatic carbocycles. The third-order valence-corrected chi connectivity index (χ3v) is 10.3. The molecule has 184 valence electrons. The predicted octanol–water partition coefficient (Wildman–Crippen LogP) is 10.3. The minimum absolute atomic E-state index is 0.261. The summed E-state index contributed by atoms with van der Waals surface area (Å²) in [6, 6.07) is 9.61. The highest BCUT2D eigenvalue weighted by Gasteiger charge is 2.80. The fourth-order valence-electron chi connectivity index (χ4n) is 4.31. The van der Waals surface area contributed by atoms with E-state index >= 15 is 17.6 Å². The molecule has 0 atom stereocenters. The number of hydrogen-bond acceptors (Lipinski definition) is 4. The lowest BCUT2D eigenvalue weighted by atomic mass is 9.94. The molecule has 35 heavy (non-hydrogen) atoms. The van der Waals surface area contributed by atoms with Crippen LogP contribution in [0.3, 0.4) is 0 Å². The standard InChI is InChI=1S/C25H18F6S4/c1-11-5-7-17(32-11)21-15(9-13(3)34-21)19-20(24(28,29)25(30,31)23(19,26)27)16-10-14(4)35-22(16)18-8-6-12(2)33-18/h5-10H,1-4H3. The van der Waals surface area contributed by atoms with Crippen LogP contribution in [0, 0.1) is 27.7 Å². The van der Waals surface area contributed by atoms with Gasteiger partial charge in [0, 0.05) is 51.5 Å². The summed E-state index contributed by atoms with van der Waals surface area (Å²) in [4.78, 5) is 4.66. The van der Waals surface area contributed by atoms with Crippen LogP contribution in [0.5, 0.6) is 0 Å². The molecule has 1 aliphatic carbocycles. The Morgan fingerprint density at radius 2 is 0.886 bits per heavy atom. The zero-order valence-corrected chi connectivity index (χ0v) is 22.1. The summed E-state index contributed by atoms with van der Waals surface area (Å²) >= 11 is 4.87. The number of allylic oxidation sites excluding steroid dienone is 2. The molecule has 0 bridgehead atoms. The van der Waals surface area contributed by atoms with E-state index in [1.807, 2.05) is 13.8 Å². The number of thiophene rings is 4. The molecule has 0 saturated heterocycles. The van der Waals surface area contributed by atoms with Crippen molar-refractivity contribution in [1.29, 1.82) is 0 Å². The molecule has 4 aromatic heterocycles. The van der Waals surface area contributed by atoms with Crippen LogP contribution in [0.2, 0.25) is 0 Å². The summed E-state index contributed by atoms with van der Waals surface area (Å²) in [7, 11) is 0. The average Bonchev–Trinajstić information content (AvgIpc) is 3.54.